The zero-order valence-corrected chi connectivity index (χ0v) is 16.7. The van der Waals surface area contributed by atoms with Crippen molar-refractivity contribution in [1.29, 1.82) is 0 Å². The lowest BCUT2D eigenvalue weighted by Gasteiger charge is -2.36. The van der Waals surface area contributed by atoms with E-state index in [0.29, 0.717) is 32.2 Å². The molecule has 3 rings (SSSR count). The minimum absolute atomic E-state index is 0.206. The summed E-state index contributed by atoms with van der Waals surface area (Å²) in [7, 11) is 0. The monoisotopic (exact) mass is 424 g/mol. The Morgan fingerprint density at radius 3 is 2.33 bits per heavy atom. The maximum absolute atomic E-state index is 13.3. The third-order valence-corrected chi connectivity index (χ3v) is 5.10. The fourth-order valence-corrected chi connectivity index (χ4v) is 3.46. The molecule has 30 heavy (non-hydrogen) atoms. The van der Waals surface area contributed by atoms with E-state index in [1.54, 1.807) is 11.8 Å². The highest BCUT2D eigenvalue weighted by atomic mass is 19.4. The average Bonchev–Trinajstić information content (AvgIpc) is 2.73. The van der Waals surface area contributed by atoms with Crippen molar-refractivity contribution in [2.75, 3.05) is 26.2 Å². The van der Waals surface area contributed by atoms with Crippen LogP contribution in [0.4, 0.5) is 17.6 Å². The van der Waals surface area contributed by atoms with Gasteiger partial charge in [0.15, 0.2) is 6.10 Å². The molecule has 1 atom stereocenters. The molecule has 1 aliphatic rings. The third-order valence-electron chi connectivity index (χ3n) is 5.10. The van der Waals surface area contributed by atoms with Gasteiger partial charge in [0.05, 0.1) is 0 Å². The Morgan fingerprint density at radius 2 is 1.73 bits per heavy atom. The molecule has 1 saturated heterocycles. The van der Waals surface area contributed by atoms with E-state index < -0.39 is 29.4 Å². The lowest BCUT2D eigenvalue weighted by atomic mass is 10.1. The summed E-state index contributed by atoms with van der Waals surface area (Å²) >= 11 is 0. The summed E-state index contributed by atoms with van der Waals surface area (Å²) in [4.78, 5) is 16.7. The van der Waals surface area contributed by atoms with Crippen molar-refractivity contribution in [3.63, 3.8) is 0 Å². The SMILES string of the molecule is CCC(Oc1ccc(F)cc1C(F)(F)F)C(=O)N1CCN(Cc2ccccc2)CC1. The van der Waals surface area contributed by atoms with Crippen molar-refractivity contribution < 1.29 is 27.1 Å². The first-order valence-electron chi connectivity index (χ1n) is 9.86. The minimum Gasteiger partial charge on any atom is -0.480 e. The number of piperazine rings is 1. The quantitative estimate of drug-likeness (QED) is 0.647. The van der Waals surface area contributed by atoms with Gasteiger partial charge in [0.25, 0.3) is 5.91 Å². The van der Waals surface area contributed by atoms with Crippen molar-refractivity contribution in [3.8, 4) is 5.75 Å². The molecule has 1 amide bonds. The zero-order valence-electron chi connectivity index (χ0n) is 16.7. The van der Waals surface area contributed by atoms with Crippen molar-refractivity contribution >= 4 is 5.91 Å². The maximum atomic E-state index is 13.3. The number of alkyl halides is 3. The molecule has 0 bridgehead atoms. The fraction of sp³-hybridized carbons (Fsp3) is 0.409. The Balaban J connectivity index is 1.62. The van der Waals surface area contributed by atoms with Gasteiger partial charge in [0.1, 0.15) is 17.1 Å². The summed E-state index contributed by atoms with van der Waals surface area (Å²) in [5, 5.41) is 0. The van der Waals surface area contributed by atoms with Crippen molar-refractivity contribution in [1.82, 2.24) is 9.80 Å². The molecule has 0 radical (unpaired) electrons. The van der Waals surface area contributed by atoms with E-state index >= 15 is 0 Å². The van der Waals surface area contributed by atoms with E-state index in [2.05, 4.69) is 4.90 Å². The van der Waals surface area contributed by atoms with E-state index in [9.17, 15) is 22.4 Å². The Hall–Kier alpha value is -2.61. The molecule has 1 aliphatic heterocycles. The highest BCUT2D eigenvalue weighted by molar-refractivity contribution is 5.81. The van der Waals surface area contributed by atoms with E-state index in [0.717, 1.165) is 18.7 Å². The number of halogens is 4. The maximum Gasteiger partial charge on any atom is 0.420 e. The largest absolute Gasteiger partial charge is 0.480 e. The number of benzene rings is 2. The second-order valence-corrected chi connectivity index (χ2v) is 7.24. The van der Waals surface area contributed by atoms with Gasteiger partial charge in [0.2, 0.25) is 0 Å². The normalized spacial score (nSPS) is 16.4. The molecule has 0 saturated carbocycles. The van der Waals surface area contributed by atoms with Crippen LogP contribution in [0.1, 0.15) is 24.5 Å². The van der Waals surface area contributed by atoms with E-state index in [-0.39, 0.29) is 12.3 Å². The highest BCUT2D eigenvalue weighted by Gasteiger charge is 2.36. The van der Waals surface area contributed by atoms with Gasteiger partial charge in [-0.25, -0.2) is 4.39 Å². The van der Waals surface area contributed by atoms with Gasteiger partial charge in [-0.1, -0.05) is 37.3 Å². The molecule has 4 nitrogen and oxygen atoms in total. The van der Waals surface area contributed by atoms with Crippen LogP contribution in [0, 0.1) is 5.82 Å². The molecule has 162 valence electrons. The Labute approximate surface area is 173 Å². The van der Waals surface area contributed by atoms with Gasteiger partial charge in [0, 0.05) is 32.7 Å². The van der Waals surface area contributed by atoms with Crippen LogP contribution in [0.3, 0.4) is 0 Å². The minimum atomic E-state index is -4.78. The predicted octanol–water partition coefficient (Wildman–Crippen LogP) is 4.35. The Bertz CT molecular complexity index is 850. The number of amides is 1. The number of rotatable bonds is 6. The molecular weight excluding hydrogens is 400 g/mol. The van der Waals surface area contributed by atoms with Crippen molar-refractivity contribution in [2.45, 2.75) is 32.2 Å². The van der Waals surface area contributed by atoms with Gasteiger partial charge in [-0.05, 0) is 30.2 Å². The van der Waals surface area contributed by atoms with Crippen LogP contribution >= 0.6 is 0 Å². The summed E-state index contributed by atoms with van der Waals surface area (Å²) in [5.74, 6) is -1.90. The first kappa shape index (κ1) is 22.1. The van der Waals surface area contributed by atoms with E-state index in [1.165, 1.54) is 5.56 Å². The summed E-state index contributed by atoms with van der Waals surface area (Å²) in [6, 6.07) is 12.2. The van der Waals surface area contributed by atoms with Gasteiger partial charge in [-0.2, -0.15) is 13.2 Å². The van der Waals surface area contributed by atoms with E-state index in [1.807, 2.05) is 30.3 Å². The number of hydrogen-bond acceptors (Lipinski definition) is 3. The number of carbonyl (C=O) groups is 1. The number of nitrogens with zero attached hydrogens (tertiary/aromatic N) is 2. The first-order chi connectivity index (χ1) is 14.3. The molecule has 8 heteroatoms. The van der Waals surface area contributed by atoms with Crippen molar-refractivity contribution in [2.24, 2.45) is 0 Å². The Morgan fingerprint density at radius 1 is 1.07 bits per heavy atom. The van der Waals surface area contributed by atoms with Crippen LogP contribution in [0.25, 0.3) is 0 Å². The van der Waals surface area contributed by atoms with Crippen LogP contribution in [0.5, 0.6) is 5.75 Å². The van der Waals surface area contributed by atoms with E-state index in [4.69, 9.17) is 4.74 Å². The predicted molar refractivity (Wildman–Crippen MR) is 104 cm³/mol. The summed E-state index contributed by atoms with van der Waals surface area (Å²) < 4.78 is 58.4. The van der Waals surface area contributed by atoms with Gasteiger partial charge < -0.3 is 9.64 Å². The molecule has 1 unspecified atom stereocenters. The topological polar surface area (TPSA) is 32.8 Å². The Kier molecular flexibility index (Phi) is 6.97. The van der Waals surface area contributed by atoms with Gasteiger partial charge in [-0.3, -0.25) is 9.69 Å². The van der Waals surface area contributed by atoms with Crippen LogP contribution in [-0.4, -0.2) is 48.0 Å². The summed E-state index contributed by atoms with van der Waals surface area (Å²) in [6.07, 6.45) is -5.63. The second-order valence-electron chi connectivity index (χ2n) is 7.24. The molecule has 1 fully saturated rings. The van der Waals surface area contributed by atoms with Crippen LogP contribution in [0.2, 0.25) is 0 Å². The molecular formula is C22H24F4N2O2. The zero-order chi connectivity index (χ0) is 21.7. The van der Waals surface area contributed by atoms with Crippen LogP contribution < -0.4 is 4.74 Å². The summed E-state index contributed by atoms with van der Waals surface area (Å²) in [6.45, 7) is 4.73. The second kappa shape index (κ2) is 9.47. The van der Waals surface area contributed by atoms with Gasteiger partial charge >= 0.3 is 6.18 Å². The van der Waals surface area contributed by atoms with Gasteiger partial charge in [-0.15, -0.1) is 0 Å². The molecule has 2 aromatic rings. The first-order valence-corrected chi connectivity index (χ1v) is 9.86. The smallest absolute Gasteiger partial charge is 0.420 e. The van der Waals surface area contributed by atoms with Crippen LogP contribution in [-0.2, 0) is 17.5 Å². The molecule has 0 aromatic heterocycles. The van der Waals surface area contributed by atoms with Crippen LogP contribution in [0.15, 0.2) is 48.5 Å². The number of hydrogen-bond donors (Lipinski definition) is 0. The standard InChI is InChI=1S/C22H24F4N2O2/c1-2-19(30-20-9-8-17(23)14-18(20)22(24,25)26)21(29)28-12-10-27(11-13-28)15-16-6-4-3-5-7-16/h3-9,14,19H,2,10-13,15H2,1H3. The number of carbonyl (C=O) groups excluding carboxylic acids is 1. The third kappa shape index (κ3) is 5.50. The summed E-state index contributed by atoms with van der Waals surface area (Å²) in [5.41, 5.74) is -0.0375. The van der Waals surface area contributed by atoms with Crippen molar-refractivity contribution in [3.05, 3.63) is 65.5 Å². The lowest BCUT2D eigenvalue weighted by molar-refractivity contribution is -0.145. The fourth-order valence-electron chi connectivity index (χ4n) is 3.46. The molecule has 0 N–H and O–H groups in total. The molecule has 1 heterocycles. The average molecular weight is 424 g/mol. The highest BCUT2D eigenvalue weighted by Crippen LogP contribution is 2.37. The lowest BCUT2D eigenvalue weighted by Crippen LogP contribution is -2.52. The number of ether oxygens (including phenoxy) is 1. The molecule has 0 spiro atoms. The molecule has 0 aliphatic carbocycles. The molecule has 2 aromatic carbocycles.